The molecule has 0 atom stereocenters. The molecule has 0 bridgehead atoms. The fraction of sp³-hybridized carbons (Fsp3) is 0.294. The Kier molecular flexibility index (Phi) is 3.05. The Balaban J connectivity index is 2.04. The highest BCUT2D eigenvalue weighted by Gasteiger charge is 2.08. The maximum atomic E-state index is 4.30. The van der Waals surface area contributed by atoms with E-state index in [-0.39, 0.29) is 0 Å². The van der Waals surface area contributed by atoms with Gasteiger partial charge in [-0.2, -0.15) is 0 Å². The van der Waals surface area contributed by atoms with E-state index in [1.165, 1.54) is 27.8 Å². The molecule has 0 spiro atoms. The van der Waals surface area contributed by atoms with Gasteiger partial charge in [0, 0.05) is 0 Å². The summed E-state index contributed by atoms with van der Waals surface area (Å²) in [5.74, 6) is 0. The Labute approximate surface area is 119 Å². The lowest BCUT2D eigenvalue weighted by atomic mass is 10.1. The SMILES string of the molecule is Cc1ccc(Cn2nnc3cc(C)c(C)cc32)c(C)c1. The minimum atomic E-state index is 0.769. The third-order valence-electron chi connectivity index (χ3n) is 3.95. The molecule has 0 aliphatic heterocycles. The quantitative estimate of drug-likeness (QED) is 0.707. The van der Waals surface area contributed by atoms with Gasteiger partial charge < -0.3 is 0 Å². The highest BCUT2D eigenvalue weighted by molar-refractivity contribution is 5.76. The van der Waals surface area contributed by atoms with Crippen LogP contribution in [0.2, 0.25) is 0 Å². The highest BCUT2D eigenvalue weighted by atomic mass is 15.4. The molecule has 3 rings (SSSR count). The van der Waals surface area contributed by atoms with E-state index in [9.17, 15) is 0 Å². The van der Waals surface area contributed by atoms with Gasteiger partial charge in [-0.15, -0.1) is 5.10 Å². The molecule has 0 fully saturated rings. The van der Waals surface area contributed by atoms with Gasteiger partial charge in [-0.25, -0.2) is 4.68 Å². The largest absolute Gasteiger partial charge is 0.240 e. The van der Waals surface area contributed by atoms with E-state index < -0.39 is 0 Å². The molecule has 20 heavy (non-hydrogen) atoms. The van der Waals surface area contributed by atoms with Gasteiger partial charge in [-0.1, -0.05) is 29.0 Å². The van der Waals surface area contributed by atoms with Gasteiger partial charge in [0.1, 0.15) is 5.52 Å². The lowest BCUT2D eigenvalue weighted by Crippen LogP contribution is -2.04. The Hall–Kier alpha value is -2.16. The van der Waals surface area contributed by atoms with E-state index in [0.717, 1.165) is 17.6 Å². The maximum Gasteiger partial charge on any atom is 0.113 e. The summed E-state index contributed by atoms with van der Waals surface area (Å²) in [6, 6.07) is 10.8. The van der Waals surface area contributed by atoms with Crippen LogP contribution in [0, 0.1) is 27.7 Å². The summed E-state index contributed by atoms with van der Waals surface area (Å²) < 4.78 is 1.99. The lowest BCUT2D eigenvalue weighted by Gasteiger charge is -2.08. The number of benzene rings is 2. The van der Waals surface area contributed by atoms with Crippen molar-refractivity contribution < 1.29 is 0 Å². The van der Waals surface area contributed by atoms with E-state index in [1.54, 1.807) is 0 Å². The fourth-order valence-corrected chi connectivity index (χ4v) is 2.52. The Morgan fingerprint density at radius 3 is 2.40 bits per heavy atom. The summed E-state index contributed by atoms with van der Waals surface area (Å²) in [6.45, 7) is 9.27. The molecule has 0 amide bonds. The first-order valence-electron chi connectivity index (χ1n) is 6.91. The third-order valence-corrected chi connectivity index (χ3v) is 3.95. The van der Waals surface area contributed by atoms with Crippen molar-refractivity contribution in [1.29, 1.82) is 0 Å². The van der Waals surface area contributed by atoms with Crippen molar-refractivity contribution in [3.63, 3.8) is 0 Å². The molecule has 1 heterocycles. The summed E-state index contributed by atoms with van der Waals surface area (Å²) in [4.78, 5) is 0. The molecule has 1 aromatic heterocycles. The van der Waals surface area contributed by atoms with Crippen LogP contribution in [0.4, 0.5) is 0 Å². The number of rotatable bonds is 2. The molecule has 0 N–H and O–H groups in total. The summed E-state index contributed by atoms with van der Waals surface area (Å²) >= 11 is 0. The fourth-order valence-electron chi connectivity index (χ4n) is 2.52. The number of aromatic nitrogens is 3. The number of nitrogens with zero attached hydrogens (tertiary/aromatic N) is 3. The topological polar surface area (TPSA) is 30.7 Å². The minimum Gasteiger partial charge on any atom is -0.240 e. The van der Waals surface area contributed by atoms with Crippen LogP contribution in [-0.2, 0) is 6.54 Å². The Morgan fingerprint density at radius 2 is 1.65 bits per heavy atom. The van der Waals surface area contributed by atoms with Crippen LogP contribution in [0.25, 0.3) is 11.0 Å². The molecule has 3 nitrogen and oxygen atoms in total. The van der Waals surface area contributed by atoms with E-state index in [4.69, 9.17) is 0 Å². The molecule has 0 aliphatic carbocycles. The van der Waals surface area contributed by atoms with Crippen molar-refractivity contribution in [2.75, 3.05) is 0 Å². The van der Waals surface area contributed by atoms with Gasteiger partial charge in [0.2, 0.25) is 0 Å². The van der Waals surface area contributed by atoms with Crippen LogP contribution in [-0.4, -0.2) is 15.0 Å². The molecule has 0 saturated carbocycles. The summed E-state index contributed by atoms with van der Waals surface area (Å²) in [7, 11) is 0. The normalized spacial score (nSPS) is 11.2. The molecule has 0 aliphatic rings. The van der Waals surface area contributed by atoms with E-state index in [1.807, 2.05) is 4.68 Å². The molecular formula is C17H19N3. The van der Waals surface area contributed by atoms with Gasteiger partial charge in [0.05, 0.1) is 12.1 Å². The van der Waals surface area contributed by atoms with Gasteiger partial charge in [0.25, 0.3) is 0 Å². The third kappa shape index (κ3) is 2.20. The molecule has 3 aromatic rings. The molecule has 0 radical (unpaired) electrons. The average Bonchev–Trinajstić information content (AvgIpc) is 2.76. The smallest absolute Gasteiger partial charge is 0.113 e. The van der Waals surface area contributed by atoms with Gasteiger partial charge in [0.15, 0.2) is 0 Å². The monoisotopic (exact) mass is 265 g/mol. The number of hydrogen-bond donors (Lipinski definition) is 0. The first-order valence-corrected chi connectivity index (χ1v) is 6.91. The maximum absolute atomic E-state index is 4.30. The van der Waals surface area contributed by atoms with Crippen molar-refractivity contribution in [1.82, 2.24) is 15.0 Å². The number of hydrogen-bond acceptors (Lipinski definition) is 2. The average molecular weight is 265 g/mol. The standard InChI is InChI=1S/C17H19N3/c1-11-5-6-15(14(4)7-11)10-20-17-9-13(3)12(2)8-16(17)18-19-20/h5-9H,10H2,1-4H3. The van der Waals surface area contributed by atoms with Crippen molar-refractivity contribution in [2.45, 2.75) is 34.2 Å². The van der Waals surface area contributed by atoms with Crippen LogP contribution in [0.15, 0.2) is 30.3 Å². The van der Waals surface area contributed by atoms with Crippen LogP contribution in [0.5, 0.6) is 0 Å². The first kappa shape index (κ1) is 12.9. The van der Waals surface area contributed by atoms with E-state index in [0.29, 0.717) is 0 Å². The van der Waals surface area contributed by atoms with Crippen LogP contribution in [0.3, 0.4) is 0 Å². The Bertz CT molecular complexity index is 784. The predicted octanol–water partition coefficient (Wildman–Crippen LogP) is 3.71. The molecule has 3 heteroatoms. The number of aryl methyl sites for hydroxylation is 4. The van der Waals surface area contributed by atoms with Crippen LogP contribution in [0.1, 0.15) is 27.8 Å². The number of fused-ring (bicyclic) bond motifs is 1. The van der Waals surface area contributed by atoms with E-state index >= 15 is 0 Å². The van der Waals surface area contributed by atoms with E-state index in [2.05, 4.69) is 68.3 Å². The van der Waals surface area contributed by atoms with Crippen LogP contribution >= 0.6 is 0 Å². The minimum absolute atomic E-state index is 0.769. The second-order valence-electron chi connectivity index (χ2n) is 5.60. The van der Waals surface area contributed by atoms with Gasteiger partial charge in [-0.3, -0.25) is 0 Å². The zero-order chi connectivity index (χ0) is 14.3. The summed E-state index contributed by atoms with van der Waals surface area (Å²) in [5, 5.41) is 8.58. The summed E-state index contributed by atoms with van der Waals surface area (Å²) in [6.07, 6.45) is 0. The second kappa shape index (κ2) is 4.75. The lowest BCUT2D eigenvalue weighted by molar-refractivity contribution is 0.667. The molecular weight excluding hydrogens is 246 g/mol. The zero-order valence-corrected chi connectivity index (χ0v) is 12.4. The molecule has 0 unspecified atom stereocenters. The van der Waals surface area contributed by atoms with Gasteiger partial charge in [-0.05, 0) is 62.1 Å². The highest BCUT2D eigenvalue weighted by Crippen LogP contribution is 2.19. The predicted molar refractivity (Wildman–Crippen MR) is 82.0 cm³/mol. The first-order chi connectivity index (χ1) is 9.54. The summed E-state index contributed by atoms with van der Waals surface area (Å²) in [5.41, 5.74) is 8.50. The van der Waals surface area contributed by atoms with Crippen molar-refractivity contribution in [2.24, 2.45) is 0 Å². The van der Waals surface area contributed by atoms with Gasteiger partial charge >= 0.3 is 0 Å². The van der Waals surface area contributed by atoms with Crippen LogP contribution < -0.4 is 0 Å². The molecule has 102 valence electrons. The van der Waals surface area contributed by atoms with Crippen molar-refractivity contribution >= 4 is 11.0 Å². The van der Waals surface area contributed by atoms with Crippen molar-refractivity contribution in [3.05, 3.63) is 58.1 Å². The molecule has 0 saturated heterocycles. The second-order valence-corrected chi connectivity index (χ2v) is 5.60. The zero-order valence-electron chi connectivity index (χ0n) is 12.4. The molecule has 2 aromatic carbocycles. The Morgan fingerprint density at radius 1 is 0.900 bits per heavy atom. The van der Waals surface area contributed by atoms with Crippen molar-refractivity contribution in [3.8, 4) is 0 Å².